The van der Waals surface area contributed by atoms with Crippen LogP contribution in [0, 0.1) is 0 Å². The van der Waals surface area contributed by atoms with E-state index in [0.717, 1.165) is 0 Å². The molecule has 0 bridgehead atoms. The molecule has 0 fully saturated rings. The zero-order valence-electron chi connectivity index (χ0n) is 9.32. The van der Waals surface area contributed by atoms with Crippen LogP contribution in [0.4, 0.5) is 0 Å². The second kappa shape index (κ2) is 5.65. The summed E-state index contributed by atoms with van der Waals surface area (Å²) in [5, 5.41) is 0. The van der Waals surface area contributed by atoms with Crippen molar-refractivity contribution in [2.75, 3.05) is 13.6 Å². The van der Waals surface area contributed by atoms with Gasteiger partial charge in [-0.15, -0.1) is 0 Å². The van der Waals surface area contributed by atoms with Crippen LogP contribution < -0.4 is 10.5 Å². The lowest BCUT2D eigenvalue weighted by molar-refractivity contribution is 0.401. The van der Waals surface area contributed by atoms with Crippen molar-refractivity contribution in [1.29, 1.82) is 0 Å². The van der Waals surface area contributed by atoms with E-state index in [1.807, 2.05) is 20.8 Å². The number of nitrogens with zero attached hydrogens (tertiary/aromatic N) is 1. The highest BCUT2D eigenvalue weighted by atomic mass is 32.2. The average molecular weight is 223 g/mol. The van der Waals surface area contributed by atoms with Gasteiger partial charge in [-0.25, -0.2) is 4.72 Å². The highest BCUT2D eigenvalue weighted by molar-refractivity contribution is 7.87. The second-order valence-corrected chi connectivity index (χ2v) is 5.59. The minimum absolute atomic E-state index is 0.0158. The van der Waals surface area contributed by atoms with Gasteiger partial charge in [-0.3, -0.25) is 0 Å². The fraction of sp³-hybridized carbons (Fsp3) is 1.00. The average Bonchev–Trinajstić information content (AvgIpc) is 2.01. The van der Waals surface area contributed by atoms with Gasteiger partial charge in [-0.2, -0.15) is 12.7 Å². The SMILES string of the molecule is CC(N)CCNS(=O)(=O)N(C)C(C)C. The largest absolute Gasteiger partial charge is 0.328 e. The first-order valence-electron chi connectivity index (χ1n) is 4.75. The molecule has 0 spiro atoms. The topological polar surface area (TPSA) is 75.4 Å². The fourth-order valence-corrected chi connectivity index (χ4v) is 1.93. The molecule has 0 aliphatic rings. The molecule has 0 rings (SSSR count). The van der Waals surface area contributed by atoms with Crippen LogP contribution in [0.1, 0.15) is 27.2 Å². The highest BCUT2D eigenvalue weighted by Crippen LogP contribution is 2.00. The Morgan fingerprint density at radius 2 is 1.86 bits per heavy atom. The molecule has 14 heavy (non-hydrogen) atoms. The Morgan fingerprint density at radius 1 is 1.36 bits per heavy atom. The summed E-state index contributed by atoms with van der Waals surface area (Å²) >= 11 is 0. The predicted molar refractivity (Wildman–Crippen MR) is 58.1 cm³/mol. The van der Waals surface area contributed by atoms with E-state index in [1.165, 1.54) is 4.31 Å². The number of hydrogen-bond acceptors (Lipinski definition) is 3. The Hall–Kier alpha value is -0.170. The summed E-state index contributed by atoms with van der Waals surface area (Å²) in [5.41, 5.74) is 5.51. The molecule has 0 aliphatic carbocycles. The van der Waals surface area contributed by atoms with Crippen LogP contribution >= 0.6 is 0 Å². The van der Waals surface area contributed by atoms with E-state index < -0.39 is 10.2 Å². The zero-order valence-corrected chi connectivity index (χ0v) is 10.1. The first-order chi connectivity index (χ1) is 6.27. The molecule has 0 saturated heterocycles. The van der Waals surface area contributed by atoms with Gasteiger partial charge < -0.3 is 5.73 Å². The Bertz CT molecular complexity index is 249. The maximum absolute atomic E-state index is 11.5. The summed E-state index contributed by atoms with van der Waals surface area (Å²) in [6.07, 6.45) is 0.644. The van der Waals surface area contributed by atoms with Crippen molar-refractivity contribution in [3.05, 3.63) is 0 Å². The first kappa shape index (κ1) is 13.8. The molecule has 0 aliphatic heterocycles. The third-order valence-corrected chi connectivity index (χ3v) is 3.74. The molecule has 3 N–H and O–H groups in total. The third-order valence-electron chi connectivity index (χ3n) is 1.99. The summed E-state index contributed by atoms with van der Waals surface area (Å²) in [6, 6.07) is -0.0233. The Labute approximate surface area is 86.8 Å². The fourth-order valence-electron chi connectivity index (χ4n) is 0.795. The van der Waals surface area contributed by atoms with Crippen LogP contribution in [0.3, 0.4) is 0 Å². The summed E-state index contributed by atoms with van der Waals surface area (Å²) in [6.45, 7) is 5.88. The highest BCUT2D eigenvalue weighted by Gasteiger charge is 2.19. The van der Waals surface area contributed by atoms with E-state index in [-0.39, 0.29) is 12.1 Å². The van der Waals surface area contributed by atoms with E-state index >= 15 is 0 Å². The maximum atomic E-state index is 11.5. The lowest BCUT2D eigenvalue weighted by Crippen LogP contribution is -2.42. The molecule has 0 radical (unpaired) electrons. The number of nitrogens with two attached hydrogens (primary N) is 1. The van der Waals surface area contributed by atoms with Crippen molar-refractivity contribution in [2.45, 2.75) is 39.3 Å². The van der Waals surface area contributed by atoms with Gasteiger partial charge in [-0.1, -0.05) is 0 Å². The molecule has 1 atom stereocenters. The van der Waals surface area contributed by atoms with Gasteiger partial charge in [0.2, 0.25) is 0 Å². The summed E-state index contributed by atoms with van der Waals surface area (Å²) in [7, 11) is -1.77. The Kier molecular flexibility index (Phi) is 5.58. The van der Waals surface area contributed by atoms with Crippen molar-refractivity contribution < 1.29 is 8.42 Å². The molecule has 0 saturated carbocycles. The Morgan fingerprint density at radius 3 is 2.21 bits per heavy atom. The molecule has 1 unspecified atom stereocenters. The number of nitrogens with one attached hydrogen (secondary N) is 1. The normalized spacial score (nSPS) is 15.1. The van der Waals surface area contributed by atoms with Crippen LogP contribution in [0.15, 0.2) is 0 Å². The van der Waals surface area contributed by atoms with E-state index in [1.54, 1.807) is 7.05 Å². The van der Waals surface area contributed by atoms with Crippen molar-refractivity contribution in [1.82, 2.24) is 9.03 Å². The van der Waals surface area contributed by atoms with Gasteiger partial charge in [0.1, 0.15) is 0 Å². The number of hydrogen-bond donors (Lipinski definition) is 2. The molecule has 86 valence electrons. The van der Waals surface area contributed by atoms with Crippen LogP contribution in [0.25, 0.3) is 0 Å². The van der Waals surface area contributed by atoms with Gasteiger partial charge in [0.25, 0.3) is 10.2 Å². The smallest absolute Gasteiger partial charge is 0.279 e. The van der Waals surface area contributed by atoms with Crippen molar-refractivity contribution >= 4 is 10.2 Å². The zero-order chi connectivity index (χ0) is 11.4. The van der Waals surface area contributed by atoms with E-state index in [4.69, 9.17) is 5.73 Å². The van der Waals surface area contributed by atoms with Gasteiger partial charge in [0.15, 0.2) is 0 Å². The van der Waals surface area contributed by atoms with Gasteiger partial charge in [-0.05, 0) is 27.2 Å². The summed E-state index contributed by atoms with van der Waals surface area (Å²) in [4.78, 5) is 0. The monoisotopic (exact) mass is 223 g/mol. The second-order valence-electron chi connectivity index (χ2n) is 3.78. The first-order valence-corrected chi connectivity index (χ1v) is 6.19. The molecular weight excluding hydrogens is 202 g/mol. The summed E-state index contributed by atoms with van der Waals surface area (Å²) < 4.78 is 26.8. The minimum Gasteiger partial charge on any atom is -0.328 e. The van der Waals surface area contributed by atoms with Crippen LogP contribution in [0.2, 0.25) is 0 Å². The lowest BCUT2D eigenvalue weighted by atomic mass is 10.3. The van der Waals surface area contributed by atoms with Crippen molar-refractivity contribution in [3.63, 3.8) is 0 Å². The minimum atomic E-state index is -3.33. The lowest BCUT2D eigenvalue weighted by Gasteiger charge is -2.21. The molecular formula is C8H21N3O2S. The third kappa shape index (κ3) is 4.90. The molecule has 0 aromatic rings. The molecule has 0 amide bonds. The van der Waals surface area contributed by atoms with Crippen LogP contribution in [-0.2, 0) is 10.2 Å². The van der Waals surface area contributed by atoms with Crippen molar-refractivity contribution in [3.8, 4) is 0 Å². The number of rotatable bonds is 6. The maximum Gasteiger partial charge on any atom is 0.279 e. The standard InChI is InChI=1S/C8H21N3O2S/c1-7(2)11(4)14(12,13)10-6-5-8(3)9/h7-8,10H,5-6,9H2,1-4H3. The predicted octanol–water partition coefficient (Wildman–Crippen LogP) is -0.102. The Balaban J connectivity index is 4.09. The summed E-state index contributed by atoms with van der Waals surface area (Å²) in [5.74, 6) is 0. The molecule has 0 aromatic heterocycles. The van der Waals surface area contributed by atoms with Gasteiger partial charge in [0.05, 0.1) is 0 Å². The molecule has 5 nitrogen and oxygen atoms in total. The van der Waals surface area contributed by atoms with E-state index in [9.17, 15) is 8.42 Å². The quantitative estimate of drug-likeness (QED) is 0.660. The van der Waals surface area contributed by atoms with Gasteiger partial charge in [0, 0.05) is 25.7 Å². The van der Waals surface area contributed by atoms with Crippen molar-refractivity contribution in [2.24, 2.45) is 5.73 Å². The van der Waals surface area contributed by atoms with E-state index in [0.29, 0.717) is 13.0 Å². The molecule has 6 heteroatoms. The van der Waals surface area contributed by atoms with Crippen LogP contribution in [-0.4, -0.2) is 38.4 Å². The van der Waals surface area contributed by atoms with Crippen LogP contribution in [0.5, 0.6) is 0 Å². The molecule has 0 aromatic carbocycles. The van der Waals surface area contributed by atoms with E-state index in [2.05, 4.69) is 4.72 Å². The molecule has 0 heterocycles. The van der Waals surface area contributed by atoms with Gasteiger partial charge >= 0.3 is 0 Å².